The Morgan fingerprint density at radius 1 is 1.20 bits per heavy atom. The van der Waals surface area contributed by atoms with Crippen molar-refractivity contribution in [3.05, 3.63) is 59.2 Å². The van der Waals surface area contributed by atoms with Crippen LogP contribution in [0.2, 0.25) is 0 Å². The quantitative estimate of drug-likeness (QED) is 0.281. The first-order valence-corrected chi connectivity index (χ1v) is 10.5. The van der Waals surface area contributed by atoms with E-state index in [9.17, 15) is 5.11 Å². The Kier molecular flexibility index (Phi) is 5.99. The van der Waals surface area contributed by atoms with Gasteiger partial charge < -0.3 is 9.84 Å². The Morgan fingerprint density at radius 2 is 1.93 bits per heavy atom. The Labute approximate surface area is 177 Å². The summed E-state index contributed by atoms with van der Waals surface area (Å²) in [5.41, 5.74) is 11.3. The number of hydrogen-bond acceptors (Lipinski definition) is 6. The van der Waals surface area contributed by atoms with Gasteiger partial charge in [-0.1, -0.05) is 48.4 Å². The number of fused-ring (bicyclic) bond motifs is 1. The van der Waals surface area contributed by atoms with Crippen LogP contribution in [0, 0.1) is 10.9 Å². The number of amidine groups is 1. The Morgan fingerprint density at radius 3 is 2.63 bits per heavy atom. The lowest BCUT2D eigenvalue weighted by molar-refractivity contribution is 0.194. The summed E-state index contributed by atoms with van der Waals surface area (Å²) >= 11 is 0. The van der Waals surface area contributed by atoms with Gasteiger partial charge in [-0.05, 0) is 48.1 Å². The summed E-state index contributed by atoms with van der Waals surface area (Å²) in [7, 11) is 1.53. The molecule has 158 valence electrons. The lowest BCUT2D eigenvalue weighted by Crippen LogP contribution is -2.45. The fraction of sp³-hybridized carbons (Fsp3) is 0.435. The summed E-state index contributed by atoms with van der Waals surface area (Å²) in [5, 5.41) is 24.5. The number of ether oxygens (including phenoxy) is 1. The number of benzene rings is 2. The van der Waals surface area contributed by atoms with Crippen molar-refractivity contribution >= 4 is 5.84 Å². The first kappa shape index (κ1) is 20.3. The molecule has 0 spiro atoms. The molecule has 1 atom stereocenters. The zero-order valence-corrected chi connectivity index (χ0v) is 17.3. The molecule has 0 amide bonds. The van der Waals surface area contributed by atoms with E-state index in [1.807, 2.05) is 6.07 Å². The molecule has 1 unspecified atom stereocenters. The summed E-state index contributed by atoms with van der Waals surface area (Å²) in [6.45, 7) is 1.53. The second kappa shape index (κ2) is 8.83. The van der Waals surface area contributed by atoms with Crippen LogP contribution in [-0.2, 0) is 13.0 Å². The predicted molar refractivity (Wildman–Crippen MR) is 115 cm³/mol. The maximum absolute atomic E-state index is 10.1. The fourth-order valence-corrected chi connectivity index (χ4v) is 4.75. The van der Waals surface area contributed by atoms with Gasteiger partial charge in [-0.15, -0.1) is 0 Å². The largest absolute Gasteiger partial charge is 0.504 e. The highest BCUT2D eigenvalue weighted by Crippen LogP contribution is 2.36. The van der Waals surface area contributed by atoms with E-state index >= 15 is 0 Å². The van der Waals surface area contributed by atoms with Crippen molar-refractivity contribution in [3.63, 3.8) is 0 Å². The molecule has 2 aromatic rings. The molecule has 0 saturated heterocycles. The highest BCUT2D eigenvalue weighted by atomic mass is 16.5. The van der Waals surface area contributed by atoms with Gasteiger partial charge in [-0.2, -0.15) is 5.53 Å². The van der Waals surface area contributed by atoms with Crippen LogP contribution in [0.15, 0.2) is 47.7 Å². The third-order valence-electron chi connectivity index (χ3n) is 6.33. The minimum atomic E-state index is -0.373. The lowest BCUT2D eigenvalue weighted by Gasteiger charge is -2.39. The SMILES string of the molecule is COc1cc(C(C(=N)N(N=N)C2CCCC2)N2CCc3ccccc3C2)ccc1O. The first-order valence-electron chi connectivity index (χ1n) is 10.5. The highest BCUT2D eigenvalue weighted by Gasteiger charge is 2.35. The van der Waals surface area contributed by atoms with Crippen LogP contribution < -0.4 is 4.74 Å². The van der Waals surface area contributed by atoms with Gasteiger partial charge in [-0.3, -0.25) is 10.3 Å². The van der Waals surface area contributed by atoms with Crippen molar-refractivity contribution in [2.75, 3.05) is 13.7 Å². The molecule has 0 bridgehead atoms. The summed E-state index contributed by atoms with van der Waals surface area (Å²) < 4.78 is 5.33. The van der Waals surface area contributed by atoms with E-state index in [1.165, 1.54) is 18.2 Å². The smallest absolute Gasteiger partial charge is 0.160 e. The summed E-state index contributed by atoms with van der Waals surface area (Å²) in [6, 6.07) is 13.4. The van der Waals surface area contributed by atoms with E-state index in [2.05, 4.69) is 34.4 Å². The highest BCUT2D eigenvalue weighted by molar-refractivity contribution is 5.86. The van der Waals surface area contributed by atoms with Crippen LogP contribution in [0.5, 0.6) is 11.5 Å². The monoisotopic (exact) mass is 407 g/mol. The van der Waals surface area contributed by atoms with Crippen molar-refractivity contribution in [3.8, 4) is 11.5 Å². The maximum atomic E-state index is 10.1. The van der Waals surface area contributed by atoms with Crippen LogP contribution in [0.3, 0.4) is 0 Å². The van der Waals surface area contributed by atoms with E-state index in [-0.39, 0.29) is 17.8 Å². The van der Waals surface area contributed by atoms with Gasteiger partial charge in [0, 0.05) is 13.1 Å². The molecule has 0 aromatic heterocycles. The molecule has 1 aliphatic carbocycles. The van der Waals surface area contributed by atoms with Crippen LogP contribution in [-0.4, -0.2) is 40.5 Å². The zero-order valence-electron chi connectivity index (χ0n) is 17.3. The molecule has 0 radical (unpaired) electrons. The summed E-state index contributed by atoms with van der Waals surface area (Å²) in [5.74, 6) is 0.773. The molecule has 2 aromatic carbocycles. The number of phenolic OH excluding ortho intramolecular Hbond substituents is 1. The molecule has 2 aliphatic rings. The Balaban J connectivity index is 1.71. The number of nitrogens with zero attached hydrogens (tertiary/aromatic N) is 3. The van der Waals surface area contributed by atoms with Crippen LogP contribution >= 0.6 is 0 Å². The number of aromatic hydroxyl groups is 1. The zero-order chi connectivity index (χ0) is 21.1. The van der Waals surface area contributed by atoms with Crippen molar-refractivity contribution < 1.29 is 9.84 Å². The lowest BCUT2D eigenvalue weighted by atomic mass is 9.95. The fourth-order valence-electron chi connectivity index (χ4n) is 4.75. The van der Waals surface area contributed by atoms with Crippen LogP contribution in [0.25, 0.3) is 0 Å². The van der Waals surface area contributed by atoms with E-state index in [1.54, 1.807) is 17.1 Å². The summed E-state index contributed by atoms with van der Waals surface area (Å²) in [6.07, 6.45) is 5.05. The Hall–Kier alpha value is -2.93. The van der Waals surface area contributed by atoms with Crippen molar-refractivity contribution in [2.24, 2.45) is 5.22 Å². The molecule has 7 heteroatoms. The molecule has 3 N–H and O–H groups in total. The topological polar surface area (TPSA) is 96.0 Å². The second-order valence-corrected chi connectivity index (χ2v) is 8.09. The first-order chi connectivity index (χ1) is 14.6. The molecule has 30 heavy (non-hydrogen) atoms. The van der Waals surface area contributed by atoms with Crippen molar-refractivity contribution in [1.29, 1.82) is 10.9 Å². The third-order valence-corrected chi connectivity index (χ3v) is 6.33. The molecule has 1 fully saturated rings. The number of hydrogen-bond donors (Lipinski definition) is 3. The summed E-state index contributed by atoms with van der Waals surface area (Å²) in [4.78, 5) is 2.27. The van der Waals surface area contributed by atoms with Gasteiger partial charge in [0.2, 0.25) is 0 Å². The van der Waals surface area contributed by atoms with Crippen molar-refractivity contribution in [1.82, 2.24) is 9.91 Å². The minimum absolute atomic E-state index is 0.0772. The van der Waals surface area contributed by atoms with Gasteiger partial charge in [0.05, 0.1) is 19.2 Å². The molecular formula is C23H29N5O2. The van der Waals surface area contributed by atoms with E-state index in [4.69, 9.17) is 15.7 Å². The van der Waals surface area contributed by atoms with Gasteiger partial charge in [0.1, 0.15) is 5.84 Å². The molecule has 1 heterocycles. The predicted octanol–water partition coefficient (Wildman–Crippen LogP) is 4.67. The van der Waals surface area contributed by atoms with Crippen LogP contribution in [0.1, 0.15) is 48.4 Å². The van der Waals surface area contributed by atoms with Gasteiger partial charge in [-0.25, -0.2) is 5.01 Å². The van der Waals surface area contributed by atoms with Crippen LogP contribution in [0.4, 0.5) is 0 Å². The second-order valence-electron chi connectivity index (χ2n) is 8.09. The van der Waals surface area contributed by atoms with E-state index in [0.717, 1.165) is 50.8 Å². The van der Waals surface area contributed by atoms with E-state index < -0.39 is 0 Å². The average Bonchev–Trinajstić information content (AvgIpc) is 3.30. The number of nitrogens with one attached hydrogen (secondary N) is 2. The molecular weight excluding hydrogens is 378 g/mol. The third kappa shape index (κ3) is 3.89. The number of rotatable bonds is 6. The van der Waals surface area contributed by atoms with Gasteiger partial charge >= 0.3 is 0 Å². The molecule has 4 rings (SSSR count). The van der Waals surface area contributed by atoms with Gasteiger partial charge in [0.15, 0.2) is 11.5 Å². The molecule has 1 aliphatic heterocycles. The number of methoxy groups -OCH3 is 1. The van der Waals surface area contributed by atoms with E-state index in [0.29, 0.717) is 11.6 Å². The standard InChI is InChI=1S/C23H29N5O2/c1-30-21-14-17(10-11-20(21)29)22(23(24)28(26-25)19-8-4-5-9-19)27-13-12-16-6-2-3-7-18(16)15-27/h2-3,6-7,10-11,14,19,22,24-25,29H,4-5,8-9,12-13,15H2,1H3. The minimum Gasteiger partial charge on any atom is -0.504 e. The Bertz CT molecular complexity index is 926. The maximum Gasteiger partial charge on any atom is 0.160 e. The van der Waals surface area contributed by atoms with Gasteiger partial charge in [0.25, 0.3) is 0 Å². The normalized spacial score (nSPS) is 17.9. The average molecular weight is 408 g/mol. The number of phenols is 1. The van der Waals surface area contributed by atoms with Crippen molar-refractivity contribution in [2.45, 2.75) is 50.7 Å². The molecule has 1 saturated carbocycles. The molecule has 7 nitrogen and oxygen atoms in total.